The highest BCUT2D eigenvalue weighted by molar-refractivity contribution is 5.86. The fourth-order valence-electron chi connectivity index (χ4n) is 8.38. The van der Waals surface area contributed by atoms with Crippen LogP contribution in [0.2, 0.25) is 0 Å². The van der Waals surface area contributed by atoms with Crippen molar-refractivity contribution in [3.63, 3.8) is 0 Å². The van der Waals surface area contributed by atoms with E-state index in [2.05, 4.69) is 5.32 Å². The van der Waals surface area contributed by atoms with Crippen molar-refractivity contribution < 1.29 is 89.1 Å². The lowest BCUT2D eigenvalue weighted by molar-refractivity contribution is -0.304. The number of hydrogen-bond donors (Lipinski definition) is 12. The van der Waals surface area contributed by atoms with E-state index in [0.717, 1.165) is 7.11 Å². The highest BCUT2D eigenvalue weighted by atomic mass is 16.7. The number of nitrogens with two attached hydrogens (primary N) is 1. The summed E-state index contributed by atoms with van der Waals surface area (Å²) in [6.45, 7) is 6.50. The number of nitrogens with one attached hydrogen (secondary N) is 1. The third-order valence-corrected chi connectivity index (χ3v) is 12.5. The largest absolute Gasteiger partial charge is 0.467 e. The molecule has 3 rings (SSSR count). The zero-order chi connectivity index (χ0) is 52.8. The third kappa shape index (κ3) is 21.6. The Bertz CT molecular complexity index is 1840. The van der Waals surface area contributed by atoms with Gasteiger partial charge < -0.3 is 85.8 Å². The van der Waals surface area contributed by atoms with Crippen LogP contribution < -0.4 is 11.1 Å². The number of methoxy groups -OCH3 is 1. The van der Waals surface area contributed by atoms with Crippen LogP contribution in [0.1, 0.15) is 85.5 Å². The molecule has 20 nitrogen and oxygen atoms in total. The summed E-state index contributed by atoms with van der Waals surface area (Å²) in [5, 5.41) is 112. The predicted molar refractivity (Wildman–Crippen MR) is 259 cm³/mol. The molecule has 0 aliphatic carbocycles. The van der Waals surface area contributed by atoms with Crippen molar-refractivity contribution in [2.24, 2.45) is 23.5 Å². The molecule has 0 saturated carbocycles. The molecular weight excluding hydrogens is 929 g/mol. The summed E-state index contributed by atoms with van der Waals surface area (Å²) in [6, 6.07) is -2.29. The Labute approximate surface area is 416 Å². The molecule has 0 aromatic carbocycles. The second-order valence-corrected chi connectivity index (χ2v) is 19.1. The molecule has 18 atom stereocenters. The number of cyclic esters (lactones) is 1. The Kier molecular flexibility index (Phi) is 26.7. The third-order valence-electron chi connectivity index (χ3n) is 12.5. The molecule has 0 aromatic rings. The standard InChI is InChI=1S/C51H80N2O18/c1-30(2)46(49(65)67-5)53-48(64)44-40(60)28-51(66)27-35(56)24-39(59)37(57)21-20-33(54)23-34(55)25-43(62)69-32(4)22-38(58)31(3)18-16-14-12-10-8-6-7-9-11-13-15-17-19-36(26-42(44)71-51)70-50-47(63)45(52)41(61)29-68-50/h6-19,30-42,44-47,50,54-61,63,66H,20-29,52H2,1-5H3,(H,53,64)/b7-6+,10-8+,11-9+,14-12+,15-13+,18-16+,19-17+/t31-,32-,33?,34?,35?,36?,37+,38-,39?,40-,41+,42-,44?,45-,46-,47-,50-,51?/m0/s1. The number of hydrogen-bond acceptors (Lipinski definition) is 19. The minimum absolute atomic E-state index is 0.116. The number of esters is 2. The average Bonchev–Trinajstić information content (AvgIpc) is 3.28. The molecule has 0 radical (unpaired) electrons. The molecule has 20 heteroatoms. The van der Waals surface area contributed by atoms with Crippen LogP contribution in [0, 0.1) is 17.8 Å². The van der Waals surface area contributed by atoms with Gasteiger partial charge in [-0.15, -0.1) is 0 Å². The maximum Gasteiger partial charge on any atom is 0.328 e. The molecule has 1 amide bonds. The van der Waals surface area contributed by atoms with E-state index in [1.54, 1.807) is 93.7 Å². The summed E-state index contributed by atoms with van der Waals surface area (Å²) in [5.74, 6) is -6.87. The first-order valence-corrected chi connectivity index (χ1v) is 24.3. The summed E-state index contributed by atoms with van der Waals surface area (Å²) in [7, 11) is 1.15. The SMILES string of the molecule is COC(=O)[C@@H](NC(=O)C1[C@@H]2CC(O[C@@H]3OC[C@@H](O)[C@H](N)[C@@H]3O)/C=C/C=C/C=C/C=C/C=C/C=C/C=C/[C@H](C)[C@@H](O)C[C@H](C)OC(=O)CC(O)CC(O)CC[C@@H](O)C(O)CC(O)CC(O)(C[C@@H]1O)O2)C(C)C. The molecule has 0 spiro atoms. The van der Waals surface area contributed by atoms with Gasteiger partial charge in [0.1, 0.15) is 18.2 Å². The summed E-state index contributed by atoms with van der Waals surface area (Å²) < 4.78 is 28.2. The molecule has 7 unspecified atom stereocenters. The number of aliphatic hydroxyl groups excluding tert-OH is 9. The van der Waals surface area contributed by atoms with Crippen molar-refractivity contribution in [1.82, 2.24) is 5.32 Å². The van der Waals surface area contributed by atoms with Crippen molar-refractivity contribution in [1.29, 1.82) is 0 Å². The number of rotatable bonds is 6. The maximum absolute atomic E-state index is 14.1. The fourth-order valence-corrected chi connectivity index (χ4v) is 8.38. The molecule has 3 heterocycles. The van der Waals surface area contributed by atoms with E-state index < -0.39 is 153 Å². The number of ether oxygens (including phenoxy) is 5. The van der Waals surface area contributed by atoms with Gasteiger partial charge >= 0.3 is 11.9 Å². The minimum Gasteiger partial charge on any atom is -0.467 e. The summed E-state index contributed by atoms with van der Waals surface area (Å²) in [4.78, 5) is 39.3. The molecule has 3 aliphatic rings. The van der Waals surface area contributed by atoms with Crippen LogP contribution in [-0.4, -0.2) is 180 Å². The molecule has 13 N–H and O–H groups in total. The van der Waals surface area contributed by atoms with Gasteiger partial charge in [0.2, 0.25) is 5.91 Å². The lowest BCUT2D eigenvalue weighted by Gasteiger charge is -2.46. The fraction of sp³-hybridized carbons (Fsp3) is 0.667. The van der Waals surface area contributed by atoms with Crippen LogP contribution in [0.25, 0.3) is 0 Å². The molecule has 2 saturated heterocycles. The average molecular weight is 1010 g/mol. The van der Waals surface area contributed by atoms with E-state index in [1.807, 2.05) is 13.0 Å². The first-order chi connectivity index (χ1) is 33.5. The summed E-state index contributed by atoms with van der Waals surface area (Å²) >= 11 is 0. The highest BCUT2D eigenvalue weighted by Crippen LogP contribution is 2.38. The number of allylic oxidation sites excluding steroid dienone is 12. The molecular formula is C51H80N2O18. The number of aliphatic hydroxyl groups is 10. The smallest absolute Gasteiger partial charge is 0.328 e. The van der Waals surface area contributed by atoms with E-state index in [1.165, 1.54) is 6.08 Å². The van der Waals surface area contributed by atoms with Gasteiger partial charge in [-0.3, -0.25) is 9.59 Å². The van der Waals surface area contributed by atoms with E-state index in [9.17, 15) is 65.4 Å². The van der Waals surface area contributed by atoms with Crippen LogP contribution in [0.5, 0.6) is 0 Å². The Balaban J connectivity index is 1.96. The molecule has 0 aromatic heterocycles. The first-order valence-electron chi connectivity index (χ1n) is 24.3. The normalized spacial score (nSPS) is 40.9. The van der Waals surface area contributed by atoms with Crippen molar-refractivity contribution in [2.45, 2.75) is 183 Å². The van der Waals surface area contributed by atoms with E-state index in [4.69, 9.17) is 29.4 Å². The summed E-state index contributed by atoms with van der Waals surface area (Å²) in [5.41, 5.74) is 6.02. The van der Waals surface area contributed by atoms with Crippen LogP contribution in [0.4, 0.5) is 0 Å². The van der Waals surface area contributed by atoms with Crippen LogP contribution in [0.15, 0.2) is 85.1 Å². The zero-order valence-corrected chi connectivity index (χ0v) is 41.4. The van der Waals surface area contributed by atoms with Crippen molar-refractivity contribution in [3.05, 3.63) is 85.1 Å². The second kappa shape index (κ2) is 30.9. The lowest BCUT2D eigenvalue weighted by Crippen LogP contribution is -2.60. The molecule has 2 fully saturated rings. The quantitative estimate of drug-likeness (QED) is 0.159. The Morgan fingerprint density at radius 1 is 0.718 bits per heavy atom. The monoisotopic (exact) mass is 1010 g/mol. The predicted octanol–water partition coefficient (Wildman–Crippen LogP) is 0.306. The van der Waals surface area contributed by atoms with E-state index >= 15 is 0 Å². The van der Waals surface area contributed by atoms with Crippen molar-refractivity contribution >= 4 is 17.8 Å². The van der Waals surface area contributed by atoms with Gasteiger partial charge in [0.25, 0.3) is 0 Å². The van der Waals surface area contributed by atoms with Gasteiger partial charge in [-0.25, -0.2) is 4.79 Å². The minimum atomic E-state index is -2.36. The van der Waals surface area contributed by atoms with Crippen molar-refractivity contribution in [3.8, 4) is 0 Å². The number of fused-ring (bicyclic) bond motifs is 2. The molecule has 402 valence electrons. The Hall–Kier alpha value is -3.97. The lowest BCUT2D eigenvalue weighted by atomic mass is 9.81. The van der Waals surface area contributed by atoms with Gasteiger partial charge in [-0.2, -0.15) is 0 Å². The Morgan fingerprint density at radius 3 is 1.90 bits per heavy atom. The molecule has 3 aliphatic heterocycles. The topological polar surface area (TPSA) is 338 Å². The van der Waals surface area contributed by atoms with Crippen molar-refractivity contribution in [2.75, 3.05) is 13.7 Å². The number of carbonyl (C=O) groups is 3. The second-order valence-electron chi connectivity index (χ2n) is 19.1. The van der Waals surface area contributed by atoms with Gasteiger partial charge in [0, 0.05) is 38.0 Å². The number of amides is 1. The van der Waals surface area contributed by atoms with Crippen LogP contribution >= 0.6 is 0 Å². The number of carbonyl (C=O) groups excluding carboxylic acids is 3. The summed E-state index contributed by atoms with van der Waals surface area (Å²) in [6.07, 6.45) is 4.44. The van der Waals surface area contributed by atoms with Gasteiger partial charge in [0.05, 0.1) is 93.1 Å². The van der Waals surface area contributed by atoms with Gasteiger partial charge in [0.15, 0.2) is 12.1 Å². The van der Waals surface area contributed by atoms with Crippen LogP contribution in [-0.2, 0) is 38.1 Å². The first kappa shape index (κ1) is 61.3. The maximum atomic E-state index is 14.1. The van der Waals surface area contributed by atoms with Gasteiger partial charge in [-0.05, 0) is 32.1 Å². The highest BCUT2D eigenvalue weighted by Gasteiger charge is 2.51. The van der Waals surface area contributed by atoms with Gasteiger partial charge in [-0.1, -0.05) is 106 Å². The molecule has 2 bridgehead atoms. The molecule has 71 heavy (non-hydrogen) atoms. The zero-order valence-electron chi connectivity index (χ0n) is 41.4. The van der Waals surface area contributed by atoms with E-state index in [0.29, 0.717) is 0 Å². The van der Waals surface area contributed by atoms with Crippen LogP contribution in [0.3, 0.4) is 0 Å². The van der Waals surface area contributed by atoms with E-state index in [-0.39, 0.29) is 44.6 Å². The Morgan fingerprint density at radius 2 is 1.31 bits per heavy atom.